The van der Waals surface area contributed by atoms with Gasteiger partial charge >= 0.3 is 12.3 Å². The summed E-state index contributed by atoms with van der Waals surface area (Å²) in [5, 5.41) is 2.61. The van der Waals surface area contributed by atoms with Gasteiger partial charge < -0.3 is 10.2 Å². The Morgan fingerprint density at radius 2 is 2.00 bits per heavy atom. The van der Waals surface area contributed by atoms with E-state index in [1.54, 1.807) is 7.05 Å². The third-order valence-electron chi connectivity index (χ3n) is 1.60. The topological polar surface area (TPSA) is 32.3 Å². The van der Waals surface area contributed by atoms with Gasteiger partial charge in [0.05, 0.1) is 0 Å². The van der Waals surface area contributed by atoms with Crippen LogP contribution in [0.4, 0.5) is 17.6 Å². The number of amides is 1. The molecule has 0 saturated heterocycles. The van der Waals surface area contributed by atoms with Crippen LogP contribution < -0.4 is 5.32 Å². The molecule has 0 aliphatic rings. The lowest BCUT2D eigenvalue weighted by molar-refractivity contribution is -0.179. The van der Waals surface area contributed by atoms with Crippen LogP contribution in [0.15, 0.2) is 0 Å². The highest BCUT2D eigenvalue weighted by molar-refractivity contribution is 5.83. The maximum Gasteiger partial charge on any atom is 0.383 e. The molecule has 14 heavy (non-hydrogen) atoms. The zero-order valence-electron chi connectivity index (χ0n) is 7.86. The molecule has 1 amide bonds. The minimum atomic E-state index is -4.59. The van der Waals surface area contributed by atoms with Crippen LogP contribution in [0.25, 0.3) is 0 Å². The predicted octanol–water partition coefficient (Wildman–Crippen LogP) is 0.565. The van der Waals surface area contributed by atoms with Gasteiger partial charge in [0, 0.05) is 20.1 Å². The molecule has 0 aromatic rings. The lowest BCUT2D eigenvalue weighted by Gasteiger charge is -2.22. The van der Waals surface area contributed by atoms with Crippen molar-refractivity contribution in [2.75, 3.05) is 27.2 Å². The lowest BCUT2D eigenvalue weighted by Crippen LogP contribution is -2.47. The first-order valence-corrected chi connectivity index (χ1v) is 3.90. The van der Waals surface area contributed by atoms with Crippen LogP contribution in [-0.2, 0) is 4.79 Å². The van der Waals surface area contributed by atoms with Crippen molar-refractivity contribution in [3.05, 3.63) is 0 Å². The summed E-state index contributed by atoms with van der Waals surface area (Å²) in [7, 11) is 2.61. The molecule has 0 fully saturated rings. The van der Waals surface area contributed by atoms with E-state index in [2.05, 4.69) is 5.32 Å². The van der Waals surface area contributed by atoms with Crippen LogP contribution in [0.5, 0.6) is 0 Å². The molecule has 0 bridgehead atoms. The maximum absolute atomic E-state index is 12.5. The number of carbonyl (C=O) groups excluding carboxylic acids is 1. The van der Waals surface area contributed by atoms with Crippen LogP contribution in [-0.4, -0.2) is 50.3 Å². The molecule has 0 aliphatic heterocycles. The number of rotatable bonds is 5. The van der Waals surface area contributed by atoms with E-state index in [1.807, 2.05) is 0 Å². The Balaban J connectivity index is 4.30. The second kappa shape index (κ2) is 5.14. The first kappa shape index (κ1) is 13.2. The van der Waals surface area contributed by atoms with E-state index in [4.69, 9.17) is 0 Å². The molecule has 1 N–H and O–H groups in total. The Labute approximate surface area is 79.1 Å². The van der Waals surface area contributed by atoms with Crippen LogP contribution in [0.3, 0.4) is 0 Å². The molecule has 7 heteroatoms. The van der Waals surface area contributed by atoms with Gasteiger partial charge in [0.25, 0.3) is 5.91 Å². The molecule has 0 unspecified atom stereocenters. The first-order valence-electron chi connectivity index (χ1n) is 3.90. The van der Waals surface area contributed by atoms with Gasteiger partial charge in [-0.1, -0.05) is 0 Å². The van der Waals surface area contributed by atoms with Crippen molar-refractivity contribution in [1.82, 2.24) is 10.2 Å². The van der Waals surface area contributed by atoms with E-state index in [0.717, 1.165) is 7.05 Å². The normalized spacial score (nSPS) is 11.9. The summed E-state index contributed by atoms with van der Waals surface area (Å²) in [5.74, 6) is -6.45. The Morgan fingerprint density at radius 3 is 2.36 bits per heavy atom. The van der Waals surface area contributed by atoms with Gasteiger partial charge in [-0.25, -0.2) is 8.78 Å². The number of carbonyl (C=O) groups is 1. The summed E-state index contributed by atoms with van der Waals surface area (Å²) in [6, 6.07) is 0. The van der Waals surface area contributed by atoms with Crippen LogP contribution >= 0.6 is 0 Å². The molecule has 0 spiro atoms. The minimum absolute atomic E-state index is 0.0440. The third kappa shape index (κ3) is 3.13. The summed E-state index contributed by atoms with van der Waals surface area (Å²) >= 11 is 0. The summed E-state index contributed by atoms with van der Waals surface area (Å²) in [4.78, 5) is 11.4. The molecule has 0 aromatic heterocycles. The number of halogens is 4. The Bertz CT molecular complexity index is 198. The van der Waals surface area contributed by atoms with Crippen LogP contribution in [0, 0.1) is 0 Å². The van der Waals surface area contributed by atoms with Gasteiger partial charge in [0.1, 0.15) is 0 Å². The monoisotopic (exact) mass is 216 g/mol. The van der Waals surface area contributed by atoms with Crippen molar-refractivity contribution >= 4 is 5.91 Å². The number of hydrogen-bond acceptors (Lipinski definition) is 2. The van der Waals surface area contributed by atoms with Gasteiger partial charge in [0.15, 0.2) is 0 Å². The van der Waals surface area contributed by atoms with E-state index in [0.29, 0.717) is 4.90 Å². The molecule has 0 rings (SSSR count). The highest BCUT2D eigenvalue weighted by Crippen LogP contribution is 2.24. The summed E-state index contributed by atoms with van der Waals surface area (Å²) in [5.41, 5.74) is 0. The molecule has 0 aromatic carbocycles. The van der Waals surface area contributed by atoms with Gasteiger partial charge in [0.2, 0.25) is 0 Å². The van der Waals surface area contributed by atoms with E-state index >= 15 is 0 Å². The van der Waals surface area contributed by atoms with E-state index < -0.39 is 18.3 Å². The molecule has 3 nitrogen and oxygen atoms in total. The molecule has 0 radical (unpaired) electrons. The minimum Gasteiger partial charge on any atom is -0.339 e. The summed E-state index contributed by atoms with van der Waals surface area (Å²) < 4.78 is 48.4. The smallest absolute Gasteiger partial charge is 0.339 e. The molecule has 0 aliphatic carbocycles. The Hall–Kier alpha value is -0.850. The predicted molar refractivity (Wildman–Crippen MR) is 42.5 cm³/mol. The average molecular weight is 216 g/mol. The van der Waals surface area contributed by atoms with Gasteiger partial charge in [-0.15, -0.1) is 0 Å². The molecule has 0 heterocycles. The van der Waals surface area contributed by atoms with Gasteiger partial charge in [-0.2, -0.15) is 8.78 Å². The molecule has 84 valence electrons. The number of hydrogen-bond donors (Lipinski definition) is 1. The molecule has 0 saturated carbocycles. The van der Waals surface area contributed by atoms with E-state index in [-0.39, 0.29) is 13.1 Å². The number of nitrogens with one attached hydrogen (secondary N) is 1. The lowest BCUT2D eigenvalue weighted by atomic mass is 10.3. The molecular weight excluding hydrogens is 204 g/mol. The molecular formula is C7H12F4N2O. The first-order chi connectivity index (χ1) is 6.34. The standard InChI is InChI=1S/C7H12F4N2O/c1-12-3-4-13(2)6(14)7(10,11)5(8)9/h5,12H,3-4H2,1-2H3. The Morgan fingerprint density at radius 1 is 1.50 bits per heavy atom. The number of alkyl halides is 4. The quantitative estimate of drug-likeness (QED) is 0.681. The Kier molecular flexibility index (Phi) is 4.82. The summed E-state index contributed by atoms with van der Waals surface area (Å²) in [6.45, 7) is 0.221. The van der Waals surface area contributed by atoms with Crippen LogP contribution in [0.2, 0.25) is 0 Å². The van der Waals surface area contributed by atoms with Crippen molar-refractivity contribution in [1.29, 1.82) is 0 Å². The van der Waals surface area contributed by atoms with Crippen molar-refractivity contribution < 1.29 is 22.4 Å². The second-order valence-electron chi connectivity index (χ2n) is 2.75. The zero-order valence-corrected chi connectivity index (χ0v) is 7.86. The fourth-order valence-corrected chi connectivity index (χ4v) is 0.729. The van der Waals surface area contributed by atoms with Crippen molar-refractivity contribution in [3.63, 3.8) is 0 Å². The maximum atomic E-state index is 12.5. The van der Waals surface area contributed by atoms with Crippen molar-refractivity contribution in [2.24, 2.45) is 0 Å². The highest BCUT2D eigenvalue weighted by Gasteiger charge is 2.50. The zero-order chi connectivity index (χ0) is 11.4. The fourth-order valence-electron chi connectivity index (χ4n) is 0.729. The third-order valence-corrected chi connectivity index (χ3v) is 1.60. The van der Waals surface area contributed by atoms with Crippen molar-refractivity contribution in [2.45, 2.75) is 12.3 Å². The van der Waals surface area contributed by atoms with Crippen molar-refractivity contribution in [3.8, 4) is 0 Å². The number of nitrogens with zero attached hydrogens (tertiary/aromatic N) is 1. The fraction of sp³-hybridized carbons (Fsp3) is 0.857. The second-order valence-corrected chi connectivity index (χ2v) is 2.75. The highest BCUT2D eigenvalue weighted by atomic mass is 19.3. The van der Waals surface area contributed by atoms with E-state index in [1.165, 1.54) is 0 Å². The largest absolute Gasteiger partial charge is 0.383 e. The van der Waals surface area contributed by atoms with Gasteiger partial charge in [-0.3, -0.25) is 4.79 Å². The van der Waals surface area contributed by atoms with E-state index in [9.17, 15) is 22.4 Å². The average Bonchev–Trinajstić information content (AvgIpc) is 2.12. The number of likely N-dealkylation sites (N-methyl/N-ethyl adjacent to an activating group) is 2. The SMILES string of the molecule is CNCCN(C)C(=O)C(F)(F)C(F)F. The summed E-state index contributed by atoms with van der Waals surface area (Å²) in [6.07, 6.45) is -3.97. The van der Waals surface area contributed by atoms with Crippen LogP contribution in [0.1, 0.15) is 0 Å². The molecule has 0 atom stereocenters. The van der Waals surface area contributed by atoms with Gasteiger partial charge in [-0.05, 0) is 7.05 Å².